The molecule has 4 nitrogen and oxygen atoms in total. The zero-order chi connectivity index (χ0) is 14.0. The van der Waals surface area contributed by atoms with Crippen LogP contribution in [-0.2, 0) is 10.0 Å². The maximum Gasteiger partial charge on any atom is 0.244 e. The van der Waals surface area contributed by atoms with Gasteiger partial charge in [-0.2, -0.15) is 4.31 Å². The van der Waals surface area contributed by atoms with Crippen LogP contribution in [0.15, 0.2) is 27.6 Å². The number of nitrogens with two attached hydrogens (primary N) is 1. The molecule has 0 amide bonds. The van der Waals surface area contributed by atoms with E-state index >= 15 is 0 Å². The molecule has 0 spiro atoms. The molecule has 7 heteroatoms. The van der Waals surface area contributed by atoms with Crippen molar-refractivity contribution in [1.82, 2.24) is 4.31 Å². The zero-order valence-corrected chi connectivity index (χ0v) is 12.8. The number of nitrogens with zero attached hydrogens (tertiary/aromatic N) is 1. The molecule has 0 saturated carbocycles. The minimum Gasteiger partial charge on any atom is -0.330 e. The second-order valence-corrected chi connectivity index (χ2v) is 7.42. The molecule has 0 aliphatic carbocycles. The van der Waals surface area contributed by atoms with Gasteiger partial charge in [-0.1, -0.05) is 0 Å². The maximum absolute atomic E-state index is 13.0. The number of hydrogen-bond acceptors (Lipinski definition) is 3. The molecule has 2 rings (SSSR count). The van der Waals surface area contributed by atoms with E-state index in [2.05, 4.69) is 15.9 Å². The summed E-state index contributed by atoms with van der Waals surface area (Å²) in [6, 6.07) is 3.62. The van der Waals surface area contributed by atoms with Gasteiger partial charge in [0.15, 0.2) is 0 Å². The van der Waals surface area contributed by atoms with Crippen LogP contribution in [0, 0.1) is 11.7 Å². The van der Waals surface area contributed by atoms with Crippen LogP contribution < -0.4 is 5.73 Å². The van der Waals surface area contributed by atoms with Crippen LogP contribution in [0.3, 0.4) is 0 Å². The summed E-state index contributed by atoms with van der Waals surface area (Å²) in [5, 5.41) is 0. The van der Waals surface area contributed by atoms with Crippen molar-refractivity contribution in [3.8, 4) is 0 Å². The van der Waals surface area contributed by atoms with Crippen molar-refractivity contribution in [2.75, 3.05) is 19.6 Å². The SMILES string of the molecule is NCC1CCN(S(=O)(=O)c2ccc(F)cc2Br)CC1. The number of benzene rings is 1. The van der Waals surface area contributed by atoms with Crippen molar-refractivity contribution in [3.63, 3.8) is 0 Å². The predicted molar refractivity (Wildman–Crippen MR) is 74.6 cm³/mol. The molecule has 0 atom stereocenters. The van der Waals surface area contributed by atoms with E-state index in [4.69, 9.17) is 5.73 Å². The van der Waals surface area contributed by atoms with Crippen molar-refractivity contribution in [3.05, 3.63) is 28.5 Å². The van der Waals surface area contributed by atoms with Crippen LogP contribution >= 0.6 is 15.9 Å². The highest BCUT2D eigenvalue weighted by molar-refractivity contribution is 9.10. The van der Waals surface area contributed by atoms with E-state index in [-0.39, 0.29) is 9.37 Å². The number of hydrogen-bond donors (Lipinski definition) is 1. The fourth-order valence-electron chi connectivity index (χ4n) is 2.21. The van der Waals surface area contributed by atoms with Crippen LogP contribution in [0.1, 0.15) is 12.8 Å². The van der Waals surface area contributed by atoms with Crippen LogP contribution in [0.2, 0.25) is 0 Å². The average molecular weight is 351 g/mol. The van der Waals surface area contributed by atoms with Gasteiger partial charge in [0.1, 0.15) is 5.82 Å². The van der Waals surface area contributed by atoms with Crippen LogP contribution in [0.4, 0.5) is 4.39 Å². The van der Waals surface area contributed by atoms with Crippen molar-refractivity contribution >= 4 is 26.0 Å². The normalized spacial score (nSPS) is 18.7. The van der Waals surface area contributed by atoms with E-state index in [0.717, 1.165) is 18.9 Å². The highest BCUT2D eigenvalue weighted by Gasteiger charge is 2.30. The molecular weight excluding hydrogens is 335 g/mol. The minimum absolute atomic E-state index is 0.111. The highest BCUT2D eigenvalue weighted by Crippen LogP contribution is 2.28. The Morgan fingerprint density at radius 1 is 1.37 bits per heavy atom. The van der Waals surface area contributed by atoms with Gasteiger partial charge in [0.25, 0.3) is 0 Å². The number of rotatable bonds is 3. The fraction of sp³-hybridized carbons (Fsp3) is 0.500. The van der Waals surface area contributed by atoms with E-state index in [1.165, 1.54) is 16.4 Å². The molecule has 0 aromatic heterocycles. The van der Waals surface area contributed by atoms with Crippen LogP contribution in [0.5, 0.6) is 0 Å². The summed E-state index contributed by atoms with van der Waals surface area (Å²) in [4.78, 5) is 0.111. The summed E-state index contributed by atoms with van der Waals surface area (Å²) in [5.41, 5.74) is 5.59. The Kier molecular flexibility index (Phi) is 4.60. The number of piperidine rings is 1. The van der Waals surface area contributed by atoms with Crippen molar-refractivity contribution < 1.29 is 12.8 Å². The lowest BCUT2D eigenvalue weighted by molar-refractivity contribution is 0.278. The Morgan fingerprint density at radius 2 is 2.00 bits per heavy atom. The van der Waals surface area contributed by atoms with E-state index in [0.29, 0.717) is 25.6 Å². The predicted octanol–water partition coefficient (Wildman–Crippen LogP) is 1.95. The monoisotopic (exact) mass is 350 g/mol. The standard InChI is InChI=1S/C12H16BrFN2O2S/c13-11-7-10(14)1-2-12(11)19(17,18)16-5-3-9(8-15)4-6-16/h1-2,7,9H,3-6,8,15H2. The first-order valence-corrected chi connectivity index (χ1v) is 8.33. The van der Waals surface area contributed by atoms with Gasteiger partial charge in [0, 0.05) is 17.6 Å². The van der Waals surface area contributed by atoms with Crippen molar-refractivity contribution in [2.24, 2.45) is 11.7 Å². The molecule has 0 radical (unpaired) electrons. The molecule has 1 aromatic carbocycles. The lowest BCUT2D eigenvalue weighted by Gasteiger charge is -2.30. The Bertz CT molecular complexity index is 557. The van der Waals surface area contributed by atoms with Gasteiger partial charge < -0.3 is 5.73 Å². The summed E-state index contributed by atoms with van der Waals surface area (Å²) in [5.74, 6) is -0.0734. The van der Waals surface area contributed by atoms with Gasteiger partial charge in [-0.05, 0) is 59.4 Å². The van der Waals surface area contributed by atoms with E-state index in [9.17, 15) is 12.8 Å². The summed E-state index contributed by atoms with van der Waals surface area (Å²) in [6.07, 6.45) is 1.54. The first-order valence-electron chi connectivity index (χ1n) is 6.10. The molecule has 1 aliphatic rings. The van der Waals surface area contributed by atoms with E-state index < -0.39 is 15.8 Å². The van der Waals surface area contributed by atoms with Crippen LogP contribution in [-0.4, -0.2) is 32.4 Å². The minimum atomic E-state index is -3.56. The molecule has 19 heavy (non-hydrogen) atoms. The van der Waals surface area contributed by atoms with Gasteiger partial charge in [-0.15, -0.1) is 0 Å². The lowest BCUT2D eigenvalue weighted by atomic mass is 9.99. The molecule has 0 unspecified atom stereocenters. The lowest BCUT2D eigenvalue weighted by Crippen LogP contribution is -2.40. The largest absolute Gasteiger partial charge is 0.330 e. The Hall–Kier alpha value is -0.500. The first kappa shape index (κ1) is 14.9. The summed E-state index contributed by atoms with van der Waals surface area (Å²) < 4.78 is 39.6. The Labute approximate surface area is 121 Å². The molecule has 2 N–H and O–H groups in total. The fourth-order valence-corrected chi connectivity index (χ4v) is 4.69. The third-order valence-electron chi connectivity index (χ3n) is 3.42. The second-order valence-electron chi connectivity index (χ2n) is 4.66. The number of halogens is 2. The first-order chi connectivity index (χ1) is 8.95. The maximum atomic E-state index is 13.0. The van der Waals surface area contributed by atoms with E-state index in [1.54, 1.807) is 0 Å². The second kappa shape index (κ2) is 5.87. The average Bonchev–Trinajstić information content (AvgIpc) is 2.38. The third-order valence-corrected chi connectivity index (χ3v) is 6.29. The highest BCUT2D eigenvalue weighted by atomic mass is 79.9. The van der Waals surface area contributed by atoms with E-state index in [1.807, 2.05) is 0 Å². The molecule has 1 aliphatic heterocycles. The van der Waals surface area contributed by atoms with Gasteiger partial charge in [0.05, 0.1) is 4.90 Å². The third kappa shape index (κ3) is 3.16. The zero-order valence-electron chi connectivity index (χ0n) is 10.4. The Balaban J connectivity index is 2.23. The molecule has 0 bridgehead atoms. The van der Waals surface area contributed by atoms with Gasteiger partial charge in [-0.3, -0.25) is 0 Å². The topological polar surface area (TPSA) is 63.4 Å². The molecule has 1 heterocycles. The summed E-state index contributed by atoms with van der Waals surface area (Å²) in [6.45, 7) is 1.52. The molecule has 1 fully saturated rings. The molecule has 106 valence electrons. The molecular formula is C12H16BrFN2O2S. The van der Waals surface area contributed by atoms with Gasteiger partial charge in [-0.25, -0.2) is 12.8 Å². The van der Waals surface area contributed by atoms with Crippen LogP contribution in [0.25, 0.3) is 0 Å². The van der Waals surface area contributed by atoms with Gasteiger partial charge >= 0.3 is 0 Å². The van der Waals surface area contributed by atoms with Gasteiger partial charge in [0.2, 0.25) is 10.0 Å². The van der Waals surface area contributed by atoms with Crippen molar-refractivity contribution in [1.29, 1.82) is 0 Å². The summed E-state index contributed by atoms with van der Waals surface area (Å²) in [7, 11) is -3.56. The molecule has 1 saturated heterocycles. The van der Waals surface area contributed by atoms with Crippen molar-refractivity contribution in [2.45, 2.75) is 17.7 Å². The quantitative estimate of drug-likeness (QED) is 0.905. The molecule has 1 aromatic rings. The Morgan fingerprint density at radius 3 is 2.53 bits per heavy atom. The smallest absolute Gasteiger partial charge is 0.244 e. The number of sulfonamides is 1. The summed E-state index contributed by atoms with van der Waals surface area (Å²) >= 11 is 3.11.